The van der Waals surface area contributed by atoms with Gasteiger partial charge in [-0.15, -0.1) is 0 Å². The highest BCUT2D eigenvalue weighted by Gasteiger charge is 2.42. The molecule has 2 heterocycles. The molecule has 2 aliphatic heterocycles. The summed E-state index contributed by atoms with van der Waals surface area (Å²) in [5.74, 6) is 0. The molecule has 0 aliphatic carbocycles. The first kappa shape index (κ1) is 15.0. The largest absolute Gasteiger partial charge is 0.373 e. The summed E-state index contributed by atoms with van der Waals surface area (Å²) in [7, 11) is -1.63. The summed E-state index contributed by atoms with van der Waals surface area (Å²) in [6.07, 6.45) is 3.09. The van der Waals surface area contributed by atoms with Crippen LogP contribution in [0.25, 0.3) is 0 Å². The molecule has 1 aromatic carbocycles. The molecule has 116 valence electrons. The number of hydrogen-bond acceptors (Lipinski definition) is 4. The second kappa shape index (κ2) is 5.68. The van der Waals surface area contributed by atoms with Crippen molar-refractivity contribution in [3.05, 3.63) is 29.3 Å². The Morgan fingerprint density at radius 1 is 1.33 bits per heavy atom. The van der Waals surface area contributed by atoms with Crippen LogP contribution in [-0.2, 0) is 21.3 Å². The Bertz CT molecular complexity index is 630. The molecule has 21 heavy (non-hydrogen) atoms. The zero-order valence-corrected chi connectivity index (χ0v) is 13.2. The van der Waals surface area contributed by atoms with Gasteiger partial charge in [-0.25, -0.2) is 13.1 Å². The minimum Gasteiger partial charge on any atom is -0.373 e. The van der Waals surface area contributed by atoms with E-state index in [1.807, 2.05) is 20.0 Å². The molecule has 5 nitrogen and oxygen atoms in total. The molecule has 3 rings (SSSR count). The van der Waals surface area contributed by atoms with E-state index in [-0.39, 0.29) is 18.2 Å². The Kier molecular flexibility index (Phi) is 4.05. The van der Waals surface area contributed by atoms with Gasteiger partial charge in [-0.05, 0) is 56.5 Å². The molecule has 1 aromatic rings. The Labute approximate surface area is 126 Å². The van der Waals surface area contributed by atoms with Crippen LogP contribution in [0.4, 0.5) is 0 Å². The van der Waals surface area contributed by atoms with Gasteiger partial charge in [-0.1, -0.05) is 6.07 Å². The van der Waals surface area contributed by atoms with Gasteiger partial charge in [0.1, 0.15) is 0 Å². The van der Waals surface area contributed by atoms with E-state index in [1.165, 1.54) is 0 Å². The standard InChI is InChI=1S/C15H22N2O3S/c1-10-3-5-13(7-11(10)9-16-2)21(18,19)17-14-8-12-4-6-15(14)20-12/h3,5,7,12,14-17H,4,6,8-9H2,1-2H3. The molecule has 2 saturated heterocycles. The summed E-state index contributed by atoms with van der Waals surface area (Å²) in [5.41, 5.74) is 2.09. The molecule has 2 N–H and O–H groups in total. The van der Waals surface area contributed by atoms with Gasteiger partial charge in [0.25, 0.3) is 0 Å². The number of fused-ring (bicyclic) bond motifs is 2. The molecule has 2 bridgehead atoms. The van der Waals surface area contributed by atoms with E-state index in [4.69, 9.17) is 4.74 Å². The number of sulfonamides is 1. The van der Waals surface area contributed by atoms with Crippen LogP contribution in [-0.4, -0.2) is 33.7 Å². The maximum atomic E-state index is 12.5. The van der Waals surface area contributed by atoms with Crippen LogP contribution in [0.2, 0.25) is 0 Å². The fraction of sp³-hybridized carbons (Fsp3) is 0.600. The number of ether oxygens (including phenoxy) is 1. The number of nitrogens with one attached hydrogen (secondary N) is 2. The Morgan fingerprint density at radius 3 is 2.76 bits per heavy atom. The van der Waals surface area contributed by atoms with E-state index in [0.717, 1.165) is 30.4 Å². The van der Waals surface area contributed by atoms with Crippen LogP contribution in [0, 0.1) is 6.92 Å². The zero-order chi connectivity index (χ0) is 15.0. The predicted octanol–water partition coefficient (Wildman–Crippen LogP) is 1.31. The number of hydrogen-bond donors (Lipinski definition) is 2. The van der Waals surface area contributed by atoms with Crippen molar-refractivity contribution < 1.29 is 13.2 Å². The lowest BCUT2D eigenvalue weighted by molar-refractivity contribution is 0.0996. The lowest BCUT2D eigenvalue weighted by atomic mass is 9.96. The second-order valence-electron chi connectivity index (χ2n) is 5.96. The summed E-state index contributed by atoms with van der Waals surface area (Å²) in [6, 6.07) is 5.20. The van der Waals surface area contributed by atoms with Crippen LogP contribution in [0.15, 0.2) is 23.1 Å². The van der Waals surface area contributed by atoms with Crippen LogP contribution in [0.1, 0.15) is 30.4 Å². The van der Waals surface area contributed by atoms with Gasteiger partial charge in [0.2, 0.25) is 10.0 Å². The third-order valence-electron chi connectivity index (χ3n) is 4.41. The first-order valence-corrected chi connectivity index (χ1v) is 8.90. The van der Waals surface area contributed by atoms with Crippen molar-refractivity contribution in [1.82, 2.24) is 10.0 Å². The topological polar surface area (TPSA) is 67.4 Å². The van der Waals surface area contributed by atoms with Gasteiger partial charge in [0, 0.05) is 6.54 Å². The maximum Gasteiger partial charge on any atom is 0.240 e. The summed E-state index contributed by atoms with van der Waals surface area (Å²) in [5, 5.41) is 3.06. The van der Waals surface area contributed by atoms with Crippen molar-refractivity contribution in [2.75, 3.05) is 7.05 Å². The number of benzene rings is 1. The van der Waals surface area contributed by atoms with Gasteiger partial charge in [0.05, 0.1) is 23.1 Å². The molecule has 0 saturated carbocycles. The van der Waals surface area contributed by atoms with E-state index < -0.39 is 10.0 Å². The number of rotatable bonds is 5. The zero-order valence-electron chi connectivity index (χ0n) is 12.4. The molecule has 0 aromatic heterocycles. The minimum absolute atomic E-state index is 0.0482. The average Bonchev–Trinajstić information content (AvgIpc) is 3.03. The van der Waals surface area contributed by atoms with Crippen LogP contribution in [0.3, 0.4) is 0 Å². The Hall–Kier alpha value is -0.950. The van der Waals surface area contributed by atoms with E-state index in [2.05, 4.69) is 10.0 Å². The van der Waals surface area contributed by atoms with Crippen molar-refractivity contribution in [2.24, 2.45) is 0 Å². The quantitative estimate of drug-likeness (QED) is 0.860. The van der Waals surface area contributed by atoms with Crippen molar-refractivity contribution in [3.8, 4) is 0 Å². The average molecular weight is 310 g/mol. The highest BCUT2D eigenvalue weighted by Crippen LogP contribution is 2.35. The van der Waals surface area contributed by atoms with E-state index in [1.54, 1.807) is 12.1 Å². The lowest BCUT2D eigenvalue weighted by Gasteiger charge is -2.20. The van der Waals surface area contributed by atoms with Crippen molar-refractivity contribution in [2.45, 2.75) is 55.9 Å². The van der Waals surface area contributed by atoms with Crippen LogP contribution < -0.4 is 10.0 Å². The lowest BCUT2D eigenvalue weighted by Crippen LogP contribution is -2.41. The highest BCUT2D eigenvalue weighted by atomic mass is 32.2. The molecule has 2 fully saturated rings. The third kappa shape index (κ3) is 2.99. The molecule has 3 atom stereocenters. The van der Waals surface area contributed by atoms with E-state index >= 15 is 0 Å². The highest BCUT2D eigenvalue weighted by molar-refractivity contribution is 7.89. The first-order chi connectivity index (χ1) is 9.99. The second-order valence-corrected chi connectivity index (χ2v) is 7.67. The summed E-state index contributed by atoms with van der Waals surface area (Å²) < 4.78 is 33.6. The molecule has 0 amide bonds. The van der Waals surface area contributed by atoms with Gasteiger partial charge >= 0.3 is 0 Å². The monoisotopic (exact) mass is 310 g/mol. The SMILES string of the molecule is CNCc1cc(S(=O)(=O)NC2CC3CCC2O3)ccc1C. The molecule has 2 aliphatic rings. The van der Waals surface area contributed by atoms with Gasteiger partial charge in [-0.3, -0.25) is 0 Å². The Balaban J connectivity index is 1.80. The molecular formula is C15H22N2O3S. The first-order valence-electron chi connectivity index (χ1n) is 7.41. The minimum atomic E-state index is -3.48. The molecule has 0 radical (unpaired) electrons. The maximum absolute atomic E-state index is 12.5. The van der Waals surface area contributed by atoms with Crippen LogP contribution in [0.5, 0.6) is 0 Å². The summed E-state index contributed by atoms with van der Waals surface area (Å²) in [6.45, 7) is 2.65. The smallest absolute Gasteiger partial charge is 0.240 e. The molecular weight excluding hydrogens is 288 g/mol. The van der Waals surface area contributed by atoms with Crippen molar-refractivity contribution in [3.63, 3.8) is 0 Å². The van der Waals surface area contributed by atoms with Crippen molar-refractivity contribution in [1.29, 1.82) is 0 Å². The Morgan fingerprint density at radius 2 is 2.14 bits per heavy atom. The van der Waals surface area contributed by atoms with Gasteiger partial charge in [-0.2, -0.15) is 0 Å². The summed E-state index contributed by atoms with van der Waals surface area (Å²) in [4.78, 5) is 0.334. The molecule has 3 unspecified atom stereocenters. The third-order valence-corrected chi connectivity index (χ3v) is 5.90. The molecule has 6 heteroatoms. The normalized spacial score (nSPS) is 28.2. The van der Waals surface area contributed by atoms with Crippen molar-refractivity contribution >= 4 is 10.0 Å². The van der Waals surface area contributed by atoms with Gasteiger partial charge in [0.15, 0.2) is 0 Å². The fourth-order valence-corrected chi connectivity index (χ4v) is 4.55. The molecule has 0 spiro atoms. The summed E-state index contributed by atoms with van der Waals surface area (Å²) >= 11 is 0. The van der Waals surface area contributed by atoms with E-state index in [0.29, 0.717) is 11.4 Å². The number of aryl methyl sites for hydroxylation is 1. The van der Waals surface area contributed by atoms with Crippen LogP contribution >= 0.6 is 0 Å². The van der Waals surface area contributed by atoms with E-state index in [9.17, 15) is 8.42 Å². The predicted molar refractivity (Wildman–Crippen MR) is 80.6 cm³/mol. The fourth-order valence-electron chi connectivity index (χ4n) is 3.23. The van der Waals surface area contributed by atoms with Gasteiger partial charge < -0.3 is 10.1 Å².